The van der Waals surface area contributed by atoms with Crippen LogP contribution in [0.2, 0.25) is 0 Å². The Morgan fingerprint density at radius 2 is 1.62 bits per heavy atom. The van der Waals surface area contributed by atoms with Crippen LogP contribution in [0.3, 0.4) is 0 Å². The minimum absolute atomic E-state index is 0.614. The van der Waals surface area contributed by atoms with E-state index in [-0.39, 0.29) is 0 Å². The Kier molecular flexibility index (Phi) is 5.53. The molecule has 0 saturated carbocycles. The molecule has 0 fully saturated rings. The summed E-state index contributed by atoms with van der Waals surface area (Å²) >= 11 is 0. The van der Waals surface area contributed by atoms with Gasteiger partial charge in [-0.2, -0.15) is 0 Å². The number of aryl methyl sites for hydroxylation is 1. The first-order valence-electron chi connectivity index (χ1n) is 8.30. The third kappa shape index (κ3) is 4.42. The highest BCUT2D eigenvalue weighted by Crippen LogP contribution is 2.22. The Morgan fingerprint density at radius 3 is 2.35 bits per heavy atom. The average molecular weight is 350 g/mol. The molecule has 1 aromatic heterocycles. The number of anilines is 3. The summed E-state index contributed by atoms with van der Waals surface area (Å²) in [6.07, 6.45) is 0. The number of methoxy groups -OCH3 is 2. The zero-order valence-electron chi connectivity index (χ0n) is 15.1. The van der Waals surface area contributed by atoms with Crippen LogP contribution in [-0.2, 0) is 6.54 Å². The molecule has 0 aliphatic rings. The third-order valence-electron chi connectivity index (χ3n) is 3.85. The topological polar surface area (TPSA) is 68.3 Å². The molecule has 0 radical (unpaired) electrons. The highest BCUT2D eigenvalue weighted by Gasteiger charge is 2.05. The Hall–Kier alpha value is -3.28. The summed E-state index contributed by atoms with van der Waals surface area (Å²) in [7, 11) is 3.32. The third-order valence-corrected chi connectivity index (χ3v) is 3.85. The zero-order chi connectivity index (χ0) is 18.4. The lowest BCUT2D eigenvalue weighted by atomic mass is 10.2. The number of hydrogen-bond donors (Lipinski definition) is 2. The van der Waals surface area contributed by atoms with Gasteiger partial charge in [0.25, 0.3) is 0 Å². The lowest BCUT2D eigenvalue weighted by Crippen LogP contribution is -2.06. The monoisotopic (exact) mass is 350 g/mol. The first-order chi connectivity index (χ1) is 12.7. The highest BCUT2D eigenvalue weighted by molar-refractivity contribution is 5.60. The van der Waals surface area contributed by atoms with Gasteiger partial charge < -0.3 is 20.1 Å². The number of ether oxygens (including phenoxy) is 2. The van der Waals surface area contributed by atoms with Crippen LogP contribution in [0.4, 0.5) is 17.3 Å². The van der Waals surface area contributed by atoms with Crippen molar-refractivity contribution in [3.63, 3.8) is 0 Å². The van der Waals surface area contributed by atoms with Gasteiger partial charge >= 0.3 is 0 Å². The van der Waals surface area contributed by atoms with Gasteiger partial charge in [-0.1, -0.05) is 18.2 Å². The van der Waals surface area contributed by atoms with E-state index in [0.29, 0.717) is 12.4 Å². The molecule has 0 saturated heterocycles. The van der Waals surface area contributed by atoms with Gasteiger partial charge in [0, 0.05) is 23.9 Å². The van der Waals surface area contributed by atoms with Crippen molar-refractivity contribution in [2.45, 2.75) is 13.5 Å². The SMILES string of the molecule is COc1ccc(Nc2cc(NCc3ccccc3OC)nc(C)n2)cc1. The second-order valence-corrected chi connectivity index (χ2v) is 5.70. The van der Waals surface area contributed by atoms with Gasteiger partial charge in [0.1, 0.15) is 29.0 Å². The minimum Gasteiger partial charge on any atom is -0.497 e. The molecule has 0 atom stereocenters. The van der Waals surface area contributed by atoms with Crippen molar-refractivity contribution in [3.8, 4) is 11.5 Å². The summed E-state index contributed by atoms with van der Waals surface area (Å²) < 4.78 is 10.6. The second kappa shape index (κ2) is 8.20. The molecule has 134 valence electrons. The fraction of sp³-hybridized carbons (Fsp3) is 0.200. The predicted molar refractivity (Wildman–Crippen MR) is 103 cm³/mol. The van der Waals surface area contributed by atoms with Crippen LogP contribution in [0.1, 0.15) is 11.4 Å². The molecular weight excluding hydrogens is 328 g/mol. The van der Waals surface area contributed by atoms with Crippen molar-refractivity contribution in [1.82, 2.24) is 9.97 Å². The van der Waals surface area contributed by atoms with Gasteiger partial charge in [-0.15, -0.1) is 0 Å². The fourth-order valence-electron chi connectivity index (χ4n) is 2.58. The van der Waals surface area contributed by atoms with E-state index >= 15 is 0 Å². The smallest absolute Gasteiger partial charge is 0.136 e. The number of nitrogens with one attached hydrogen (secondary N) is 2. The molecule has 3 aromatic rings. The Labute approximate surface area is 153 Å². The Morgan fingerprint density at radius 1 is 0.885 bits per heavy atom. The van der Waals surface area contributed by atoms with Crippen LogP contribution in [0.25, 0.3) is 0 Å². The van der Waals surface area contributed by atoms with Gasteiger partial charge in [-0.25, -0.2) is 9.97 Å². The molecule has 0 unspecified atom stereocenters. The first kappa shape index (κ1) is 17.5. The molecule has 3 rings (SSSR count). The van der Waals surface area contributed by atoms with Crippen molar-refractivity contribution < 1.29 is 9.47 Å². The van der Waals surface area contributed by atoms with E-state index in [9.17, 15) is 0 Å². The van der Waals surface area contributed by atoms with Crippen molar-refractivity contribution >= 4 is 17.3 Å². The maximum absolute atomic E-state index is 5.38. The molecular formula is C20H22N4O2. The number of rotatable bonds is 7. The quantitative estimate of drug-likeness (QED) is 0.667. The minimum atomic E-state index is 0.614. The van der Waals surface area contributed by atoms with Crippen LogP contribution in [0, 0.1) is 6.92 Å². The van der Waals surface area contributed by atoms with Crippen LogP contribution in [-0.4, -0.2) is 24.2 Å². The lowest BCUT2D eigenvalue weighted by Gasteiger charge is -2.12. The first-order valence-corrected chi connectivity index (χ1v) is 8.30. The molecule has 1 heterocycles. The standard InChI is InChI=1S/C20H22N4O2/c1-14-22-19(21-13-15-6-4-5-7-18(15)26-3)12-20(23-14)24-16-8-10-17(25-2)11-9-16/h4-12H,13H2,1-3H3,(H2,21,22,23,24). The summed E-state index contributed by atoms with van der Waals surface area (Å²) in [6, 6.07) is 17.5. The largest absolute Gasteiger partial charge is 0.497 e. The van der Waals surface area contributed by atoms with E-state index < -0.39 is 0 Å². The van der Waals surface area contributed by atoms with Crippen molar-refractivity contribution in [2.24, 2.45) is 0 Å². The summed E-state index contributed by atoms with van der Waals surface area (Å²) in [5.41, 5.74) is 2.00. The molecule has 26 heavy (non-hydrogen) atoms. The van der Waals surface area contributed by atoms with Gasteiger partial charge in [-0.05, 0) is 37.3 Å². The summed E-state index contributed by atoms with van der Waals surface area (Å²) in [5.74, 6) is 3.83. The molecule has 6 nitrogen and oxygen atoms in total. The lowest BCUT2D eigenvalue weighted by molar-refractivity contribution is 0.410. The van der Waals surface area contributed by atoms with E-state index in [1.165, 1.54) is 0 Å². The number of aromatic nitrogens is 2. The molecule has 2 N–H and O–H groups in total. The average Bonchev–Trinajstić information content (AvgIpc) is 2.67. The van der Waals surface area contributed by atoms with Crippen molar-refractivity contribution in [3.05, 3.63) is 66.0 Å². The molecule has 0 amide bonds. The van der Waals surface area contributed by atoms with Crippen LogP contribution in [0.5, 0.6) is 11.5 Å². The molecule has 0 aliphatic carbocycles. The molecule has 0 spiro atoms. The maximum atomic E-state index is 5.38. The number of benzene rings is 2. The van der Waals surface area contributed by atoms with Crippen LogP contribution in [0.15, 0.2) is 54.6 Å². The summed E-state index contributed by atoms with van der Waals surface area (Å²) in [5, 5.41) is 6.62. The summed E-state index contributed by atoms with van der Waals surface area (Å²) in [6.45, 7) is 2.48. The van der Waals surface area contributed by atoms with E-state index in [4.69, 9.17) is 9.47 Å². The van der Waals surface area contributed by atoms with E-state index in [2.05, 4.69) is 20.6 Å². The number of nitrogens with zero attached hydrogens (tertiary/aromatic N) is 2. The normalized spacial score (nSPS) is 10.3. The molecule has 0 aliphatic heterocycles. The van der Waals surface area contributed by atoms with E-state index in [0.717, 1.165) is 34.4 Å². The fourth-order valence-corrected chi connectivity index (χ4v) is 2.58. The van der Waals surface area contributed by atoms with Gasteiger partial charge in [-0.3, -0.25) is 0 Å². The molecule has 2 aromatic carbocycles. The van der Waals surface area contributed by atoms with Gasteiger partial charge in [0.15, 0.2) is 0 Å². The van der Waals surface area contributed by atoms with Crippen molar-refractivity contribution in [1.29, 1.82) is 0 Å². The van der Waals surface area contributed by atoms with E-state index in [1.54, 1.807) is 14.2 Å². The van der Waals surface area contributed by atoms with Crippen molar-refractivity contribution in [2.75, 3.05) is 24.9 Å². The highest BCUT2D eigenvalue weighted by atomic mass is 16.5. The van der Waals surface area contributed by atoms with Gasteiger partial charge in [0.2, 0.25) is 0 Å². The second-order valence-electron chi connectivity index (χ2n) is 5.70. The Bertz CT molecular complexity index is 866. The number of para-hydroxylation sites is 1. The van der Waals surface area contributed by atoms with Crippen LogP contribution < -0.4 is 20.1 Å². The number of hydrogen-bond acceptors (Lipinski definition) is 6. The molecule has 0 bridgehead atoms. The predicted octanol–water partition coefficient (Wildman–Crippen LogP) is 4.16. The Balaban J connectivity index is 1.72. The van der Waals surface area contributed by atoms with Crippen LogP contribution >= 0.6 is 0 Å². The molecule has 6 heteroatoms. The maximum Gasteiger partial charge on any atom is 0.136 e. The zero-order valence-corrected chi connectivity index (χ0v) is 15.1. The van der Waals surface area contributed by atoms with Gasteiger partial charge in [0.05, 0.1) is 14.2 Å². The summed E-state index contributed by atoms with van der Waals surface area (Å²) in [4.78, 5) is 8.89. The van der Waals surface area contributed by atoms with E-state index in [1.807, 2.05) is 61.5 Å².